The third-order valence-electron chi connectivity index (χ3n) is 11.6. The highest BCUT2D eigenvalue weighted by Gasteiger charge is 2.38. The van der Waals surface area contributed by atoms with E-state index in [-0.39, 0.29) is 42.8 Å². The number of phenols is 1. The molecule has 12 nitrogen and oxygen atoms in total. The molecule has 5 heterocycles. The zero-order valence-corrected chi connectivity index (χ0v) is 31.6. The first-order valence-corrected chi connectivity index (χ1v) is 19.2. The molecular formula is C42H51N7O5. The second kappa shape index (κ2) is 16.7. The van der Waals surface area contributed by atoms with Crippen LogP contribution in [0.4, 0.5) is 5.82 Å². The number of terminal acetylenes is 1. The smallest absolute Gasteiger partial charge is 0.318 e. The summed E-state index contributed by atoms with van der Waals surface area (Å²) in [5, 5.41) is 22.3. The van der Waals surface area contributed by atoms with E-state index < -0.39 is 6.10 Å². The number of hydrogen-bond acceptors (Lipinski definition) is 11. The molecule has 1 N–H and O–H groups in total. The number of amides is 1. The molecule has 4 aliphatic heterocycles. The van der Waals surface area contributed by atoms with Gasteiger partial charge in [-0.1, -0.05) is 24.1 Å². The average Bonchev–Trinajstić information content (AvgIpc) is 3.60. The number of piperidine rings is 1. The molecule has 54 heavy (non-hydrogen) atoms. The molecule has 1 aromatic heterocycles. The van der Waals surface area contributed by atoms with Crippen LogP contribution in [0.1, 0.15) is 67.5 Å². The van der Waals surface area contributed by atoms with Crippen LogP contribution in [0.25, 0.3) is 10.8 Å². The van der Waals surface area contributed by atoms with Gasteiger partial charge in [-0.05, 0) is 75.3 Å². The lowest BCUT2D eigenvalue weighted by atomic mass is 9.91. The number of likely N-dealkylation sites (N-methyl/N-ethyl adjacent to an activating group) is 1. The van der Waals surface area contributed by atoms with Gasteiger partial charge in [-0.3, -0.25) is 9.69 Å². The number of hydrogen-bond donors (Lipinski definition) is 1. The van der Waals surface area contributed by atoms with E-state index in [4.69, 9.17) is 30.6 Å². The average molecular weight is 734 g/mol. The Bertz CT molecular complexity index is 1950. The Morgan fingerprint density at radius 2 is 1.98 bits per heavy atom. The quantitative estimate of drug-likeness (QED) is 0.232. The zero-order valence-electron chi connectivity index (χ0n) is 31.6. The molecule has 0 aliphatic carbocycles. The van der Waals surface area contributed by atoms with E-state index >= 15 is 0 Å². The number of phenolic OH excluding ortho intramolecular Hbond substituents is 1. The van der Waals surface area contributed by atoms with Crippen molar-refractivity contribution in [1.82, 2.24) is 24.7 Å². The number of likely N-dealkylation sites (tertiary alicyclic amines) is 2. The van der Waals surface area contributed by atoms with Crippen molar-refractivity contribution >= 4 is 22.5 Å². The maximum Gasteiger partial charge on any atom is 0.318 e. The van der Waals surface area contributed by atoms with Gasteiger partial charge >= 0.3 is 6.01 Å². The molecule has 7 rings (SSSR count). The summed E-state index contributed by atoms with van der Waals surface area (Å²) in [6.45, 7) is 7.28. The molecule has 3 fully saturated rings. The number of methoxy groups -OCH3 is 1. The van der Waals surface area contributed by atoms with Crippen LogP contribution in [-0.4, -0.2) is 120 Å². The first kappa shape index (κ1) is 37.6. The lowest BCUT2D eigenvalue weighted by molar-refractivity contribution is -0.129. The highest BCUT2D eigenvalue weighted by molar-refractivity contribution is 5.92. The number of ether oxygens (including phenoxy) is 3. The van der Waals surface area contributed by atoms with Crippen LogP contribution in [0.5, 0.6) is 11.8 Å². The van der Waals surface area contributed by atoms with Crippen molar-refractivity contribution in [3.8, 4) is 30.2 Å². The van der Waals surface area contributed by atoms with E-state index in [9.17, 15) is 15.2 Å². The molecule has 2 aromatic carbocycles. The Kier molecular flexibility index (Phi) is 11.7. The molecule has 3 saturated heterocycles. The van der Waals surface area contributed by atoms with Gasteiger partial charge in [0.25, 0.3) is 0 Å². The van der Waals surface area contributed by atoms with E-state index in [1.807, 2.05) is 29.2 Å². The normalized spacial score (nSPS) is 24.1. The van der Waals surface area contributed by atoms with E-state index in [0.717, 1.165) is 78.5 Å². The predicted octanol–water partition coefficient (Wildman–Crippen LogP) is 4.59. The lowest BCUT2D eigenvalue weighted by Gasteiger charge is -2.46. The van der Waals surface area contributed by atoms with Gasteiger partial charge in [-0.2, -0.15) is 15.2 Å². The van der Waals surface area contributed by atoms with E-state index in [2.05, 4.69) is 40.7 Å². The highest BCUT2D eigenvalue weighted by atomic mass is 16.5. The van der Waals surface area contributed by atoms with Crippen molar-refractivity contribution in [3.63, 3.8) is 0 Å². The van der Waals surface area contributed by atoms with Gasteiger partial charge in [-0.15, -0.1) is 6.42 Å². The monoisotopic (exact) mass is 733 g/mol. The molecule has 0 bridgehead atoms. The van der Waals surface area contributed by atoms with Crippen LogP contribution in [0.15, 0.2) is 42.5 Å². The Labute approximate surface area is 318 Å². The minimum absolute atomic E-state index is 0.0844. The number of carbonyl (C=O) groups excluding carboxylic acids is 1. The van der Waals surface area contributed by atoms with Crippen molar-refractivity contribution in [2.24, 2.45) is 0 Å². The second-order valence-electron chi connectivity index (χ2n) is 15.1. The van der Waals surface area contributed by atoms with Crippen LogP contribution in [-0.2, 0) is 27.3 Å². The summed E-state index contributed by atoms with van der Waals surface area (Å²) < 4.78 is 18.4. The zero-order chi connectivity index (χ0) is 37.8. The Morgan fingerprint density at radius 3 is 2.72 bits per heavy atom. The van der Waals surface area contributed by atoms with Gasteiger partial charge in [-0.25, -0.2) is 0 Å². The number of carbonyl (C=O) groups is 1. The summed E-state index contributed by atoms with van der Waals surface area (Å²) in [6, 6.07) is 11.6. The maximum absolute atomic E-state index is 13.6. The molecule has 0 radical (unpaired) electrons. The van der Waals surface area contributed by atoms with E-state index in [1.54, 1.807) is 25.3 Å². The lowest BCUT2D eigenvalue weighted by Crippen LogP contribution is -2.59. The predicted molar refractivity (Wildman–Crippen MR) is 206 cm³/mol. The standard InChI is InChI=1S/C42H51N7O5/c1-5-29-9-6-10-30-21-33(50)22-35(40(29)30)38-23-37-36(27-53-38)41(45-42(44-37)54-26-32-11-7-17-46(32)3)48-25-31(13-16-43)49(24-28(48)2)39(51)12-8-18-47-19-14-34(52-4)15-20-47/h1,6,8-10,12,21-22,28,31-32,34,38,50H,7,11,13-15,17-20,23-27H2,2-4H3/b12-8+/t28-,31+,32+,38+/m1/s1. The second-order valence-corrected chi connectivity index (χ2v) is 15.1. The van der Waals surface area contributed by atoms with Gasteiger partial charge < -0.3 is 34.0 Å². The minimum Gasteiger partial charge on any atom is -0.508 e. The Morgan fingerprint density at radius 1 is 1.15 bits per heavy atom. The maximum atomic E-state index is 13.6. The summed E-state index contributed by atoms with van der Waals surface area (Å²) in [7, 11) is 3.88. The number of anilines is 1. The van der Waals surface area contributed by atoms with Crippen LogP contribution >= 0.6 is 0 Å². The molecule has 0 unspecified atom stereocenters. The van der Waals surface area contributed by atoms with Crippen molar-refractivity contribution in [2.45, 2.75) is 82.4 Å². The summed E-state index contributed by atoms with van der Waals surface area (Å²) in [5.41, 5.74) is 3.20. The van der Waals surface area contributed by atoms with E-state index in [1.165, 1.54) is 0 Å². The summed E-state index contributed by atoms with van der Waals surface area (Å²) >= 11 is 0. The first-order chi connectivity index (χ1) is 26.3. The number of aromatic hydroxyl groups is 1. The Hall–Kier alpha value is -4.72. The van der Waals surface area contributed by atoms with Crippen molar-refractivity contribution < 1.29 is 24.1 Å². The number of fused-ring (bicyclic) bond motifs is 2. The summed E-state index contributed by atoms with van der Waals surface area (Å²) in [4.78, 5) is 32.3. The fourth-order valence-electron chi connectivity index (χ4n) is 8.52. The van der Waals surface area contributed by atoms with Crippen molar-refractivity contribution in [1.29, 1.82) is 5.26 Å². The highest BCUT2D eigenvalue weighted by Crippen LogP contribution is 2.40. The Balaban J connectivity index is 1.16. The molecule has 0 spiro atoms. The van der Waals surface area contributed by atoms with Gasteiger partial charge in [0.1, 0.15) is 18.2 Å². The van der Waals surface area contributed by atoms with Gasteiger partial charge in [0.05, 0.1) is 43.0 Å². The third kappa shape index (κ3) is 8.03. The van der Waals surface area contributed by atoms with Gasteiger partial charge in [0, 0.05) is 80.9 Å². The van der Waals surface area contributed by atoms with Crippen LogP contribution in [0.2, 0.25) is 0 Å². The molecule has 4 aliphatic rings. The fourth-order valence-corrected chi connectivity index (χ4v) is 8.52. The minimum atomic E-state index is -0.422. The van der Waals surface area contributed by atoms with Gasteiger partial charge in [0.2, 0.25) is 5.91 Å². The molecule has 1 amide bonds. The summed E-state index contributed by atoms with van der Waals surface area (Å²) in [6.07, 6.45) is 14.2. The molecule has 0 saturated carbocycles. The number of nitrogens with zero attached hydrogens (tertiary/aromatic N) is 7. The number of rotatable bonds is 10. The van der Waals surface area contributed by atoms with Crippen LogP contribution < -0.4 is 9.64 Å². The van der Waals surface area contributed by atoms with E-state index in [0.29, 0.717) is 50.6 Å². The van der Waals surface area contributed by atoms with Crippen molar-refractivity contribution in [2.75, 3.05) is 64.9 Å². The summed E-state index contributed by atoms with van der Waals surface area (Å²) in [5.74, 6) is 3.56. The van der Waals surface area contributed by atoms with Gasteiger partial charge in [0.15, 0.2) is 0 Å². The topological polar surface area (TPSA) is 128 Å². The first-order valence-electron chi connectivity index (χ1n) is 19.2. The number of nitriles is 1. The molecule has 3 aromatic rings. The van der Waals surface area contributed by atoms with Crippen molar-refractivity contribution in [3.05, 3.63) is 64.9 Å². The van der Waals surface area contributed by atoms with Crippen LogP contribution in [0.3, 0.4) is 0 Å². The molecule has 12 heteroatoms. The molecular weight excluding hydrogens is 683 g/mol. The number of benzene rings is 2. The number of aromatic nitrogens is 2. The van der Waals surface area contributed by atoms with Crippen LogP contribution in [0, 0.1) is 23.7 Å². The molecule has 4 atom stereocenters. The largest absolute Gasteiger partial charge is 0.508 e. The SMILES string of the molecule is C#Cc1cccc2cc(O)cc([C@@H]3Cc4nc(OC[C@@H]5CCCN5C)nc(N5C[C@H](CC#N)N(C(=O)/C=C/CN6CCC(OC)CC6)C[C@H]5C)c4CO3)c12. The molecule has 284 valence electrons. The fraction of sp³-hybridized carbons (Fsp3) is 0.524. The third-order valence-corrected chi connectivity index (χ3v) is 11.6. The number of piperazine rings is 1.